The third-order valence-electron chi connectivity index (χ3n) is 4.63. The first-order chi connectivity index (χ1) is 14.8. The van der Waals surface area contributed by atoms with Crippen molar-refractivity contribution in [3.8, 4) is 11.5 Å². The number of aromatic amines is 1. The summed E-state index contributed by atoms with van der Waals surface area (Å²) in [5.74, 6) is -0.807. The van der Waals surface area contributed by atoms with E-state index in [0.29, 0.717) is 30.5 Å². The Labute approximate surface area is 179 Å². The summed E-state index contributed by atoms with van der Waals surface area (Å²) >= 11 is 5.27. The van der Waals surface area contributed by atoms with E-state index in [1.165, 1.54) is 41.0 Å². The first-order valence-corrected chi connectivity index (χ1v) is 9.65. The average molecular weight is 449 g/mol. The van der Waals surface area contributed by atoms with E-state index in [1.807, 2.05) is 0 Å². The van der Waals surface area contributed by atoms with Gasteiger partial charge in [0.05, 0.1) is 10.9 Å². The maximum atomic E-state index is 13.1. The van der Waals surface area contributed by atoms with Gasteiger partial charge in [-0.1, -0.05) is 0 Å². The molecule has 0 spiro atoms. The Balaban J connectivity index is 1.58. The minimum absolute atomic E-state index is 0.122. The van der Waals surface area contributed by atoms with Crippen molar-refractivity contribution in [2.45, 2.75) is 19.3 Å². The molecule has 2 aromatic carbocycles. The van der Waals surface area contributed by atoms with Gasteiger partial charge in [0.2, 0.25) is 0 Å². The number of anilines is 1. The van der Waals surface area contributed by atoms with E-state index in [1.54, 1.807) is 7.11 Å². The Morgan fingerprint density at radius 1 is 1.23 bits per heavy atom. The molecule has 31 heavy (non-hydrogen) atoms. The van der Waals surface area contributed by atoms with Crippen LogP contribution in [0.4, 0.5) is 14.5 Å². The molecule has 0 saturated carbocycles. The third kappa shape index (κ3) is 4.28. The van der Waals surface area contributed by atoms with Crippen molar-refractivity contribution < 1.29 is 27.8 Å². The minimum atomic E-state index is -3.74. The van der Waals surface area contributed by atoms with E-state index in [9.17, 15) is 18.4 Å². The van der Waals surface area contributed by atoms with E-state index in [2.05, 4.69) is 19.8 Å². The van der Waals surface area contributed by atoms with Crippen molar-refractivity contribution >= 4 is 34.7 Å². The molecule has 4 rings (SSSR count). The minimum Gasteiger partial charge on any atom is -0.395 e. The molecule has 8 nitrogen and oxygen atoms in total. The number of carbonyl (C=O) groups is 1. The lowest BCUT2D eigenvalue weighted by molar-refractivity contribution is -0.286. The lowest BCUT2D eigenvalue weighted by atomic mass is 10.1. The van der Waals surface area contributed by atoms with Crippen LogP contribution in [0.15, 0.2) is 41.2 Å². The van der Waals surface area contributed by atoms with Crippen LogP contribution in [0.5, 0.6) is 11.5 Å². The van der Waals surface area contributed by atoms with Crippen LogP contribution in [0.3, 0.4) is 0 Å². The summed E-state index contributed by atoms with van der Waals surface area (Å²) in [7, 11) is 1.58. The molecular weight excluding hydrogens is 432 g/mol. The Bertz CT molecular complexity index is 1290. The van der Waals surface area contributed by atoms with Gasteiger partial charge in [0.25, 0.3) is 11.5 Å². The fourth-order valence-corrected chi connectivity index (χ4v) is 3.48. The van der Waals surface area contributed by atoms with Crippen LogP contribution in [0.2, 0.25) is 0 Å². The molecule has 0 saturated heterocycles. The summed E-state index contributed by atoms with van der Waals surface area (Å²) in [5, 5.41) is 2.98. The normalized spacial score (nSPS) is 14.0. The monoisotopic (exact) mass is 449 g/mol. The van der Waals surface area contributed by atoms with E-state index >= 15 is 0 Å². The SMILES string of the molecule is COCCCn1c(=S)[nH]c2cc(C(=O)Nc3ccc4c(c3)OC(F)(F)O4)ccc2c1=O. The van der Waals surface area contributed by atoms with Gasteiger partial charge in [0.1, 0.15) is 0 Å². The Morgan fingerprint density at radius 3 is 2.77 bits per heavy atom. The molecule has 1 aliphatic rings. The summed E-state index contributed by atoms with van der Waals surface area (Å²) in [4.78, 5) is 28.3. The van der Waals surface area contributed by atoms with Gasteiger partial charge in [-0.25, -0.2) is 0 Å². The van der Waals surface area contributed by atoms with Crippen molar-refractivity contribution in [2.24, 2.45) is 0 Å². The van der Waals surface area contributed by atoms with Gasteiger partial charge in [0, 0.05) is 37.6 Å². The molecule has 162 valence electrons. The molecule has 0 fully saturated rings. The second-order valence-corrected chi connectivity index (χ2v) is 7.16. The number of aromatic nitrogens is 2. The second kappa shape index (κ2) is 8.08. The quantitative estimate of drug-likeness (QED) is 0.441. The highest BCUT2D eigenvalue weighted by Gasteiger charge is 2.43. The predicted octanol–water partition coefficient (Wildman–Crippen LogP) is 3.67. The number of benzene rings is 2. The molecule has 2 N–H and O–H groups in total. The number of nitrogens with zero attached hydrogens (tertiary/aromatic N) is 1. The van der Waals surface area contributed by atoms with Crippen LogP contribution in [-0.4, -0.2) is 35.5 Å². The van der Waals surface area contributed by atoms with Gasteiger partial charge in [-0.05, 0) is 49.0 Å². The molecule has 0 atom stereocenters. The molecule has 1 aromatic heterocycles. The number of ether oxygens (including phenoxy) is 3. The molecule has 1 amide bonds. The molecule has 0 aliphatic carbocycles. The average Bonchev–Trinajstić information content (AvgIpc) is 3.03. The number of amides is 1. The zero-order valence-electron chi connectivity index (χ0n) is 16.2. The molecule has 0 unspecified atom stereocenters. The zero-order chi connectivity index (χ0) is 22.2. The summed E-state index contributed by atoms with van der Waals surface area (Å²) in [6.07, 6.45) is -3.11. The number of alkyl halides is 2. The number of rotatable bonds is 6. The standard InChI is InChI=1S/C20H17F2N3O5S/c1-28-8-2-7-25-18(27)13-5-3-11(9-14(13)24-19(25)31)17(26)23-12-4-6-15-16(10-12)30-20(21,22)29-15/h3-6,9-10H,2,7-8H2,1H3,(H,23,26)(H,24,31). The van der Waals surface area contributed by atoms with Crippen LogP contribution < -0.4 is 20.3 Å². The van der Waals surface area contributed by atoms with Crippen LogP contribution >= 0.6 is 12.2 Å². The number of halogens is 2. The lowest BCUT2D eigenvalue weighted by Crippen LogP contribution is -2.25. The van der Waals surface area contributed by atoms with E-state index < -0.39 is 12.2 Å². The molecule has 0 bridgehead atoms. The Hall–Kier alpha value is -3.31. The number of H-pyrrole nitrogens is 1. The molecule has 2 heterocycles. The van der Waals surface area contributed by atoms with Gasteiger partial charge >= 0.3 is 6.29 Å². The van der Waals surface area contributed by atoms with Gasteiger partial charge in [-0.15, -0.1) is 8.78 Å². The van der Waals surface area contributed by atoms with Gasteiger partial charge in [0.15, 0.2) is 16.3 Å². The number of carbonyl (C=O) groups excluding carboxylic acids is 1. The summed E-state index contributed by atoms with van der Waals surface area (Å²) in [6.45, 7) is 0.902. The number of hydrogen-bond acceptors (Lipinski definition) is 6. The maximum absolute atomic E-state index is 13.1. The lowest BCUT2D eigenvalue weighted by Gasteiger charge is -2.10. The van der Waals surface area contributed by atoms with E-state index in [4.69, 9.17) is 17.0 Å². The fourth-order valence-electron chi connectivity index (χ4n) is 3.20. The first kappa shape index (κ1) is 20.9. The van der Waals surface area contributed by atoms with E-state index in [0.717, 1.165) is 0 Å². The Morgan fingerprint density at radius 2 is 2.00 bits per heavy atom. The van der Waals surface area contributed by atoms with Crippen LogP contribution in [0.25, 0.3) is 10.9 Å². The van der Waals surface area contributed by atoms with Crippen molar-refractivity contribution in [3.63, 3.8) is 0 Å². The van der Waals surface area contributed by atoms with Crippen molar-refractivity contribution in [3.05, 3.63) is 57.1 Å². The summed E-state index contributed by atoms with van der Waals surface area (Å²) in [5.41, 5.74) is 0.638. The summed E-state index contributed by atoms with van der Waals surface area (Å²) < 4.78 is 41.7. The number of methoxy groups -OCH3 is 1. The molecular formula is C20H17F2N3O5S. The van der Waals surface area contributed by atoms with Crippen molar-refractivity contribution in [1.29, 1.82) is 0 Å². The summed E-state index contributed by atoms with van der Waals surface area (Å²) in [6, 6.07) is 8.45. The molecule has 1 aliphatic heterocycles. The Kier molecular flexibility index (Phi) is 5.46. The van der Waals surface area contributed by atoms with Gasteiger partial charge < -0.3 is 24.5 Å². The molecule has 3 aromatic rings. The highest BCUT2D eigenvalue weighted by Crippen LogP contribution is 2.42. The largest absolute Gasteiger partial charge is 0.586 e. The zero-order valence-corrected chi connectivity index (χ0v) is 17.1. The smallest absolute Gasteiger partial charge is 0.395 e. The highest BCUT2D eigenvalue weighted by atomic mass is 32.1. The van der Waals surface area contributed by atoms with E-state index in [-0.39, 0.29) is 33.1 Å². The van der Waals surface area contributed by atoms with Crippen LogP contribution in [0, 0.1) is 4.77 Å². The van der Waals surface area contributed by atoms with Crippen molar-refractivity contribution in [2.75, 3.05) is 19.0 Å². The number of hydrogen-bond donors (Lipinski definition) is 2. The molecule has 0 radical (unpaired) electrons. The molecule has 11 heteroatoms. The number of nitrogens with one attached hydrogen (secondary N) is 2. The third-order valence-corrected chi connectivity index (χ3v) is 4.96. The van der Waals surface area contributed by atoms with Crippen LogP contribution in [0.1, 0.15) is 16.8 Å². The van der Waals surface area contributed by atoms with Crippen LogP contribution in [-0.2, 0) is 11.3 Å². The highest BCUT2D eigenvalue weighted by molar-refractivity contribution is 7.71. The topological polar surface area (TPSA) is 94.6 Å². The first-order valence-electron chi connectivity index (χ1n) is 9.24. The fraction of sp³-hybridized carbons (Fsp3) is 0.250. The predicted molar refractivity (Wildman–Crippen MR) is 110 cm³/mol. The van der Waals surface area contributed by atoms with Gasteiger partial charge in [-0.2, -0.15) is 0 Å². The van der Waals surface area contributed by atoms with Crippen molar-refractivity contribution in [1.82, 2.24) is 9.55 Å². The van der Waals surface area contributed by atoms with Gasteiger partial charge in [-0.3, -0.25) is 14.2 Å². The second-order valence-electron chi connectivity index (χ2n) is 6.78. The number of fused-ring (bicyclic) bond motifs is 2. The maximum Gasteiger partial charge on any atom is 0.586 e.